The first-order valence-corrected chi connectivity index (χ1v) is 12.4. The number of nitrogens with zero attached hydrogens (tertiary/aromatic N) is 1. The smallest absolute Gasteiger partial charge is 0.416 e. The van der Waals surface area contributed by atoms with Crippen LogP contribution in [-0.4, -0.2) is 59.1 Å². The van der Waals surface area contributed by atoms with Gasteiger partial charge in [0.15, 0.2) is 6.10 Å². The van der Waals surface area contributed by atoms with Gasteiger partial charge in [-0.3, -0.25) is 14.4 Å². The minimum Gasteiger partial charge on any atom is -0.496 e. The number of alkyl halides is 3. The number of nitrogens with one attached hydrogen (secondary N) is 2. The molecular formula is C27H30F3N3O5. The van der Waals surface area contributed by atoms with Gasteiger partial charge in [-0.05, 0) is 43.4 Å². The Morgan fingerprint density at radius 3 is 2.42 bits per heavy atom. The highest BCUT2D eigenvalue weighted by molar-refractivity contribution is 5.91. The van der Waals surface area contributed by atoms with Crippen molar-refractivity contribution in [2.45, 2.75) is 69.1 Å². The normalized spacial score (nSPS) is 18.9. The lowest BCUT2D eigenvalue weighted by Crippen LogP contribution is -2.57. The third kappa shape index (κ3) is 6.45. The summed E-state index contributed by atoms with van der Waals surface area (Å²) in [7, 11) is 1.22. The number of amides is 3. The lowest BCUT2D eigenvalue weighted by molar-refractivity contribution is -0.146. The fourth-order valence-electron chi connectivity index (χ4n) is 4.65. The third-order valence-corrected chi connectivity index (χ3v) is 6.81. The van der Waals surface area contributed by atoms with E-state index in [2.05, 4.69) is 10.6 Å². The molecule has 38 heavy (non-hydrogen) atoms. The van der Waals surface area contributed by atoms with Crippen LogP contribution in [0.2, 0.25) is 0 Å². The summed E-state index contributed by atoms with van der Waals surface area (Å²) in [6, 6.07) is 9.88. The number of aliphatic hydroxyl groups is 1. The number of methoxy groups -OCH3 is 1. The van der Waals surface area contributed by atoms with Gasteiger partial charge in [-0.1, -0.05) is 36.4 Å². The zero-order valence-corrected chi connectivity index (χ0v) is 20.8. The first-order chi connectivity index (χ1) is 18.1. The van der Waals surface area contributed by atoms with Crippen LogP contribution in [0.1, 0.15) is 42.4 Å². The SMILES string of the molecule is COc1cccc(C(F)(F)F)c1CN(C(=O)[C@H]1CCC(=O)N1)C(Cc1ccccc1)C(O)C(=O)NC1CC1. The first-order valence-electron chi connectivity index (χ1n) is 12.4. The van der Waals surface area contributed by atoms with Gasteiger partial charge in [0.05, 0.1) is 25.3 Å². The van der Waals surface area contributed by atoms with Crippen molar-refractivity contribution in [3.63, 3.8) is 0 Å². The Bertz CT molecular complexity index is 1170. The second-order valence-electron chi connectivity index (χ2n) is 9.59. The molecule has 0 bridgehead atoms. The lowest BCUT2D eigenvalue weighted by atomic mass is 9.96. The Morgan fingerprint density at radius 1 is 1.13 bits per heavy atom. The topological polar surface area (TPSA) is 108 Å². The molecule has 0 aromatic heterocycles. The van der Waals surface area contributed by atoms with Crippen LogP contribution in [0.5, 0.6) is 5.75 Å². The van der Waals surface area contributed by atoms with Crippen LogP contribution < -0.4 is 15.4 Å². The van der Waals surface area contributed by atoms with E-state index >= 15 is 0 Å². The largest absolute Gasteiger partial charge is 0.496 e. The molecule has 1 heterocycles. The van der Waals surface area contributed by atoms with Crippen LogP contribution in [0.3, 0.4) is 0 Å². The molecule has 2 fully saturated rings. The van der Waals surface area contributed by atoms with Crippen molar-refractivity contribution in [3.8, 4) is 5.75 Å². The number of hydrogen-bond donors (Lipinski definition) is 3. The molecule has 3 atom stereocenters. The molecule has 11 heteroatoms. The van der Waals surface area contributed by atoms with Gasteiger partial charge in [0.2, 0.25) is 11.8 Å². The summed E-state index contributed by atoms with van der Waals surface area (Å²) in [6.07, 6.45) is -4.75. The van der Waals surface area contributed by atoms with E-state index in [1.54, 1.807) is 30.3 Å². The standard InChI is InChI=1S/C27H30F3N3O5/c1-38-22-9-5-8-19(27(28,29)30)18(22)15-33(26(37)20-12-13-23(34)32-20)21(14-16-6-3-2-4-7-16)24(35)25(36)31-17-10-11-17/h2-9,17,20-21,24,35H,10-15H2,1H3,(H,31,36)(H,32,34)/t20-,21?,24?/m1/s1. The van der Waals surface area contributed by atoms with E-state index < -0.39 is 48.3 Å². The van der Waals surface area contributed by atoms with Gasteiger partial charge in [0, 0.05) is 18.0 Å². The molecule has 2 aliphatic rings. The molecule has 3 amide bonds. The van der Waals surface area contributed by atoms with Crippen molar-refractivity contribution in [2.75, 3.05) is 7.11 Å². The van der Waals surface area contributed by atoms with Crippen molar-refractivity contribution in [3.05, 3.63) is 65.2 Å². The highest BCUT2D eigenvalue weighted by Crippen LogP contribution is 2.37. The molecule has 8 nitrogen and oxygen atoms in total. The molecule has 0 spiro atoms. The van der Waals surface area contributed by atoms with Crippen molar-refractivity contribution < 1.29 is 37.4 Å². The van der Waals surface area contributed by atoms with Gasteiger partial charge in [-0.15, -0.1) is 0 Å². The average Bonchev–Trinajstić information content (AvgIpc) is 3.61. The number of carbonyl (C=O) groups is 3. The van der Waals surface area contributed by atoms with Crippen LogP contribution in [0, 0.1) is 0 Å². The Balaban J connectivity index is 1.78. The molecule has 0 radical (unpaired) electrons. The highest BCUT2D eigenvalue weighted by atomic mass is 19.4. The van der Waals surface area contributed by atoms with E-state index in [0.717, 1.165) is 23.8 Å². The van der Waals surface area contributed by atoms with Gasteiger partial charge in [0.1, 0.15) is 11.8 Å². The summed E-state index contributed by atoms with van der Waals surface area (Å²) in [5, 5.41) is 16.5. The summed E-state index contributed by atoms with van der Waals surface area (Å²) >= 11 is 0. The summed E-state index contributed by atoms with van der Waals surface area (Å²) < 4.78 is 47.3. The van der Waals surface area contributed by atoms with E-state index in [-0.39, 0.29) is 42.5 Å². The van der Waals surface area contributed by atoms with E-state index in [4.69, 9.17) is 4.74 Å². The Kier molecular flexibility index (Phi) is 8.25. The minimum absolute atomic E-state index is 0.0109. The zero-order valence-electron chi connectivity index (χ0n) is 20.8. The molecule has 2 aromatic rings. The van der Waals surface area contributed by atoms with Crippen molar-refractivity contribution in [2.24, 2.45) is 0 Å². The average molecular weight is 534 g/mol. The Labute approximate surface area is 218 Å². The highest BCUT2D eigenvalue weighted by Gasteiger charge is 2.42. The number of carbonyl (C=O) groups excluding carboxylic acids is 3. The van der Waals surface area contributed by atoms with E-state index in [1.165, 1.54) is 19.2 Å². The number of aliphatic hydroxyl groups excluding tert-OH is 1. The quantitative estimate of drug-likeness (QED) is 0.435. The van der Waals surface area contributed by atoms with Crippen molar-refractivity contribution in [1.29, 1.82) is 0 Å². The molecule has 1 saturated heterocycles. The van der Waals surface area contributed by atoms with Crippen LogP contribution in [0.4, 0.5) is 13.2 Å². The van der Waals surface area contributed by atoms with Gasteiger partial charge in [0.25, 0.3) is 5.91 Å². The predicted molar refractivity (Wildman–Crippen MR) is 131 cm³/mol. The van der Waals surface area contributed by atoms with Gasteiger partial charge in [-0.25, -0.2) is 0 Å². The number of hydrogen-bond acceptors (Lipinski definition) is 5. The molecule has 2 unspecified atom stereocenters. The summed E-state index contributed by atoms with van der Waals surface area (Å²) in [4.78, 5) is 39.7. The number of benzene rings is 2. The second kappa shape index (κ2) is 11.4. The predicted octanol–water partition coefficient (Wildman–Crippen LogP) is 2.57. The fraction of sp³-hybridized carbons (Fsp3) is 0.444. The lowest BCUT2D eigenvalue weighted by Gasteiger charge is -2.37. The van der Waals surface area contributed by atoms with Crippen LogP contribution in [0.15, 0.2) is 48.5 Å². The Morgan fingerprint density at radius 2 is 1.84 bits per heavy atom. The summed E-state index contributed by atoms with van der Waals surface area (Å²) in [5.41, 5.74) is -0.645. The minimum atomic E-state index is -4.75. The first kappa shape index (κ1) is 27.4. The van der Waals surface area contributed by atoms with E-state index in [1.807, 2.05) is 0 Å². The van der Waals surface area contributed by atoms with Gasteiger partial charge >= 0.3 is 6.18 Å². The maximum atomic E-state index is 14.0. The molecule has 1 aliphatic carbocycles. The van der Waals surface area contributed by atoms with Crippen molar-refractivity contribution in [1.82, 2.24) is 15.5 Å². The van der Waals surface area contributed by atoms with Crippen LogP contribution in [-0.2, 0) is 33.5 Å². The number of rotatable bonds is 10. The summed E-state index contributed by atoms with van der Waals surface area (Å²) in [6.45, 7) is -0.602. The second-order valence-corrected chi connectivity index (χ2v) is 9.59. The maximum Gasteiger partial charge on any atom is 0.416 e. The van der Waals surface area contributed by atoms with Gasteiger partial charge < -0.3 is 25.4 Å². The Hall–Kier alpha value is -3.60. The van der Waals surface area contributed by atoms with Gasteiger partial charge in [-0.2, -0.15) is 13.2 Å². The van der Waals surface area contributed by atoms with E-state index in [0.29, 0.717) is 5.56 Å². The molecule has 4 rings (SSSR count). The third-order valence-electron chi connectivity index (χ3n) is 6.81. The zero-order chi connectivity index (χ0) is 27.4. The molecule has 1 aliphatic heterocycles. The number of halogens is 3. The van der Waals surface area contributed by atoms with Crippen LogP contribution >= 0.6 is 0 Å². The monoisotopic (exact) mass is 533 g/mol. The summed E-state index contributed by atoms with van der Waals surface area (Å²) in [5.74, 6) is -1.85. The van der Waals surface area contributed by atoms with Crippen LogP contribution in [0.25, 0.3) is 0 Å². The van der Waals surface area contributed by atoms with Crippen molar-refractivity contribution >= 4 is 17.7 Å². The molecular weight excluding hydrogens is 503 g/mol. The maximum absolute atomic E-state index is 14.0. The van der Waals surface area contributed by atoms with E-state index in [9.17, 15) is 32.7 Å². The number of ether oxygens (including phenoxy) is 1. The molecule has 1 saturated carbocycles. The molecule has 2 aromatic carbocycles. The fourth-order valence-corrected chi connectivity index (χ4v) is 4.65. The molecule has 3 N–H and O–H groups in total. The molecule has 204 valence electrons.